The van der Waals surface area contributed by atoms with Crippen molar-refractivity contribution < 1.29 is 30.7 Å². The molecule has 0 bridgehead atoms. The summed E-state index contributed by atoms with van der Waals surface area (Å²) in [6.45, 7) is 8.79. The first-order chi connectivity index (χ1) is 12.8. The molecular weight excluding hydrogens is 420 g/mol. The maximum atomic E-state index is 7.75. The van der Waals surface area contributed by atoms with E-state index in [9.17, 15) is 0 Å². The Balaban J connectivity index is 0.000000414. The van der Waals surface area contributed by atoms with Crippen molar-refractivity contribution in [1.29, 1.82) is 0 Å². The zero-order valence-electron chi connectivity index (χ0n) is 15.3. The van der Waals surface area contributed by atoms with Gasteiger partial charge in [-0.2, -0.15) is 13.3 Å². The standard InChI is InChI=1S/C10H8N2.C10H13.2CHO.Mo/c1-3-7-11-9(5-1)10-6-2-4-8-12-10;1-8-6-7-9-4-2-3-5-10(8)9;2*1-2;/h1-8H;2-5,9-10H,6-7H2,1H3;2*1H;/q;3*-1;+3/t;9?,10-;;;/m.0.../s1. The molecule has 5 heteroatoms. The average molecular weight is 443 g/mol. The van der Waals surface area contributed by atoms with Gasteiger partial charge in [0.2, 0.25) is 0 Å². The quantitative estimate of drug-likeness (QED) is 0.374. The molecule has 0 N–H and O–H groups in total. The van der Waals surface area contributed by atoms with Crippen molar-refractivity contribution in [1.82, 2.24) is 9.97 Å². The predicted octanol–water partition coefficient (Wildman–Crippen LogP) is 4.33. The van der Waals surface area contributed by atoms with Crippen LogP contribution in [-0.2, 0) is 30.7 Å². The fourth-order valence-electron chi connectivity index (χ4n) is 3.05. The molecule has 2 heterocycles. The monoisotopic (exact) mass is 445 g/mol. The minimum absolute atomic E-state index is 0. The van der Waals surface area contributed by atoms with Crippen LogP contribution in [0.3, 0.4) is 0 Å². The molecule has 2 aliphatic rings. The molecular formula is C22H23MoN2O2. The van der Waals surface area contributed by atoms with E-state index in [4.69, 9.17) is 9.59 Å². The fourth-order valence-corrected chi connectivity index (χ4v) is 3.05. The second-order valence-electron chi connectivity index (χ2n) is 5.77. The van der Waals surface area contributed by atoms with Crippen LogP contribution in [-0.4, -0.2) is 23.5 Å². The van der Waals surface area contributed by atoms with Gasteiger partial charge >= 0.3 is 21.1 Å². The van der Waals surface area contributed by atoms with Gasteiger partial charge in [0.05, 0.1) is 11.4 Å². The molecule has 4 nitrogen and oxygen atoms in total. The molecule has 0 aromatic carbocycles. The molecule has 2 aliphatic carbocycles. The number of fused-ring (bicyclic) bond motifs is 1. The molecule has 0 aliphatic heterocycles. The Bertz CT molecular complexity index is 638. The first-order valence-electron chi connectivity index (χ1n) is 8.31. The van der Waals surface area contributed by atoms with E-state index in [1.54, 1.807) is 18.3 Å². The molecule has 2 atom stereocenters. The van der Waals surface area contributed by atoms with Crippen LogP contribution >= 0.6 is 0 Å². The molecule has 1 radical (unpaired) electrons. The molecule has 0 spiro atoms. The maximum Gasteiger partial charge on any atom is 3.00 e. The van der Waals surface area contributed by atoms with Crippen LogP contribution in [0.2, 0.25) is 0 Å². The van der Waals surface area contributed by atoms with E-state index >= 15 is 0 Å². The van der Waals surface area contributed by atoms with Gasteiger partial charge in [0.15, 0.2) is 0 Å². The number of allylic oxidation sites excluding steroid dienone is 4. The van der Waals surface area contributed by atoms with Crippen LogP contribution in [0.1, 0.15) is 19.8 Å². The summed E-state index contributed by atoms with van der Waals surface area (Å²) in [4.78, 5) is 23.9. The number of aromatic nitrogens is 2. The van der Waals surface area contributed by atoms with Gasteiger partial charge in [0, 0.05) is 12.4 Å². The largest absolute Gasteiger partial charge is 3.00 e. The number of hydrogen-bond acceptors (Lipinski definition) is 4. The van der Waals surface area contributed by atoms with Crippen LogP contribution in [0.25, 0.3) is 11.4 Å². The van der Waals surface area contributed by atoms with Crippen molar-refractivity contribution in [3.8, 4) is 11.4 Å². The second kappa shape index (κ2) is 14.9. The van der Waals surface area contributed by atoms with Crippen LogP contribution in [0.5, 0.6) is 0 Å². The summed E-state index contributed by atoms with van der Waals surface area (Å²) < 4.78 is 0. The number of carbonyl (C=O) groups excluding carboxylic acids is 2. The van der Waals surface area contributed by atoms with Gasteiger partial charge in [-0.3, -0.25) is 23.5 Å². The molecule has 1 unspecified atom stereocenters. The van der Waals surface area contributed by atoms with E-state index in [-0.39, 0.29) is 21.1 Å². The maximum absolute atomic E-state index is 7.75. The number of pyridine rings is 2. The Labute approximate surface area is 176 Å². The Morgan fingerprint density at radius 1 is 0.889 bits per heavy atom. The number of rotatable bonds is 1. The van der Waals surface area contributed by atoms with Crippen LogP contribution < -0.4 is 0 Å². The summed E-state index contributed by atoms with van der Waals surface area (Å²) >= 11 is 0. The van der Waals surface area contributed by atoms with E-state index in [1.165, 1.54) is 12.8 Å². The molecule has 1 saturated carbocycles. The topological polar surface area (TPSA) is 59.9 Å². The van der Waals surface area contributed by atoms with Crippen LogP contribution in [0.15, 0.2) is 73.1 Å². The van der Waals surface area contributed by atoms with E-state index in [1.807, 2.05) is 36.4 Å². The van der Waals surface area contributed by atoms with Gasteiger partial charge in [0.25, 0.3) is 0 Å². The van der Waals surface area contributed by atoms with Crippen molar-refractivity contribution in [3.05, 3.63) is 79.0 Å². The summed E-state index contributed by atoms with van der Waals surface area (Å²) in [6, 6.07) is 11.6. The molecule has 27 heavy (non-hydrogen) atoms. The Morgan fingerprint density at radius 3 is 1.85 bits per heavy atom. The molecule has 1 fully saturated rings. The second-order valence-corrected chi connectivity index (χ2v) is 5.77. The molecule has 139 valence electrons. The molecule has 2 aromatic rings. The van der Waals surface area contributed by atoms with Gasteiger partial charge in [-0.1, -0.05) is 36.8 Å². The van der Waals surface area contributed by atoms with Gasteiger partial charge < -0.3 is 15.5 Å². The Kier molecular flexibility index (Phi) is 13.7. The fraction of sp³-hybridized carbons (Fsp3) is 0.227. The van der Waals surface area contributed by atoms with Crippen LogP contribution in [0.4, 0.5) is 0 Å². The first-order valence-corrected chi connectivity index (χ1v) is 8.31. The molecule has 0 amide bonds. The summed E-state index contributed by atoms with van der Waals surface area (Å²) in [5, 5.41) is 0. The first kappa shape index (κ1) is 24.8. The molecule has 4 rings (SSSR count). The third-order valence-electron chi connectivity index (χ3n) is 4.28. The third kappa shape index (κ3) is 7.92. The molecule has 0 saturated heterocycles. The Morgan fingerprint density at radius 2 is 1.41 bits per heavy atom. The predicted molar refractivity (Wildman–Crippen MR) is 104 cm³/mol. The third-order valence-corrected chi connectivity index (χ3v) is 4.28. The minimum Gasteiger partial charge on any atom is -0.545 e. The van der Waals surface area contributed by atoms with E-state index in [2.05, 4.69) is 54.8 Å². The van der Waals surface area contributed by atoms with E-state index < -0.39 is 0 Å². The van der Waals surface area contributed by atoms with Gasteiger partial charge in [0.1, 0.15) is 0 Å². The summed E-state index contributed by atoms with van der Waals surface area (Å²) in [7, 11) is 0. The normalized spacial score (nSPS) is 18.9. The van der Waals surface area contributed by atoms with Crippen molar-refractivity contribution in [2.24, 2.45) is 11.8 Å². The van der Waals surface area contributed by atoms with Crippen molar-refractivity contribution in [2.45, 2.75) is 19.8 Å². The minimum atomic E-state index is 0. The van der Waals surface area contributed by atoms with Crippen molar-refractivity contribution >= 4 is 13.6 Å². The SMILES string of the molecule is C[C-]1CCC2C=CC=C[C@@H]12.[CH-]=O.[CH-]=O.[Mo+3].c1ccc(-c2ccccn2)nc1. The average Bonchev–Trinajstić information content (AvgIpc) is 3.14. The van der Waals surface area contributed by atoms with Gasteiger partial charge in [-0.05, 0) is 30.2 Å². The van der Waals surface area contributed by atoms with Crippen LogP contribution in [0, 0.1) is 17.8 Å². The summed E-state index contributed by atoms with van der Waals surface area (Å²) in [5.41, 5.74) is 1.83. The number of hydrogen-bond donors (Lipinski definition) is 0. The molecule has 2 aromatic heterocycles. The van der Waals surface area contributed by atoms with Crippen molar-refractivity contribution in [3.63, 3.8) is 0 Å². The smallest absolute Gasteiger partial charge is 0.545 e. The van der Waals surface area contributed by atoms with E-state index in [0.29, 0.717) is 0 Å². The summed E-state index contributed by atoms with van der Waals surface area (Å²) in [5.74, 6) is 3.29. The van der Waals surface area contributed by atoms with Crippen molar-refractivity contribution in [2.75, 3.05) is 0 Å². The van der Waals surface area contributed by atoms with Gasteiger partial charge in [-0.15, -0.1) is 12.0 Å². The Hall–Kier alpha value is -2.19. The zero-order chi connectivity index (χ0) is 19.2. The number of nitrogens with zero attached hydrogens (tertiary/aromatic N) is 2. The summed E-state index contributed by atoms with van der Waals surface area (Å²) in [6.07, 6.45) is 15.3. The zero-order valence-corrected chi connectivity index (χ0v) is 17.3. The van der Waals surface area contributed by atoms with Gasteiger partial charge in [-0.25, -0.2) is 0 Å². The van der Waals surface area contributed by atoms with E-state index in [0.717, 1.165) is 23.2 Å².